The second-order valence-electron chi connectivity index (χ2n) is 7.17. The molecule has 0 saturated heterocycles. The van der Waals surface area contributed by atoms with Crippen LogP contribution in [0.4, 0.5) is 5.69 Å². The van der Waals surface area contributed by atoms with Gasteiger partial charge in [0, 0.05) is 6.20 Å². The van der Waals surface area contributed by atoms with E-state index in [9.17, 15) is 23.4 Å². The average molecular weight is 448 g/mol. The van der Waals surface area contributed by atoms with E-state index in [0.29, 0.717) is 0 Å². The summed E-state index contributed by atoms with van der Waals surface area (Å²) in [6.07, 6.45) is 1.50. The van der Waals surface area contributed by atoms with Crippen molar-refractivity contribution in [1.82, 2.24) is 9.55 Å². The zero-order valence-corrected chi connectivity index (χ0v) is 17.2. The van der Waals surface area contributed by atoms with Crippen molar-refractivity contribution in [3.05, 3.63) is 88.3 Å². The van der Waals surface area contributed by atoms with E-state index in [1.165, 1.54) is 29.0 Å². The van der Waals surface area contributed by atoms with Crippen molar-refractivity contribution in [3.63, 3.8) is 0 Å². The highest BCUT2D eigenvalue weighted by molar-refractivity contribution is 7.90. The van der Waals surface area contributed by atoms with Crippen LogP contribution in [0.15, 0.2) is 80.9 Å². The number of benzene rings is 2. The Balaban J connectivity index is 1.78. The van der Waals surface area contributed by atoms with Crippen LogP contribution in [0.5, 0.6) is 11.5 Å². The van der Waals surface area contributed by atoms with E-state index < -0.39 is 21.3 Å². The third-order valence-corrected chi connectivity index (χ3v) is 6.47. The number of sulfonamides is 1. The van der Waals surface area contributed by atoms with Gasteiger partial charge < -0.3 is 15.5 Å². The van der Waals surface area contributed by atoms with Gasteiger partial charge >= 0.3 is 0 Å². The van der Waals surface area contributed by atoms with Crippen LogP contribution in [-0.4, -0.2) is 34.0 Å². The standard InChI is InChI=1S/C22H16N4O5S/c27-15-9-4-10-16-18(15)24-20(25-32(16,30)31)17-19(28)14-8-5-11-23-21(14)26(22(17)29)12-13-6-2-1-3-7-13/h1-11,27-28H,12H2,(H,24,25). The maximum atomic E-state index is 13.5. The fraction of sp³-hybridized carbons (Fsp3) is 0.0455. The first-order valence-corrected chi connectivity index (χ1v) is 11.0. The quantitative estimate of drug-likeness (QED) is 0.410. The SMILES string of the molecule is O=c1c(C2=NS(=O)(=O)c3cccc(O)c3N2)c(O)c2cccnc2n1Cc1ccccc1. The first-order valence-electron chi connectivity index (χ1n) is 9.55. The molecule has 3 N–H and O–H groups in total. The minimum absolute atomic E-state index is 0.114. The smallest absolute Gasteiger partial charge is 0.286 e. The molecular weight excluding hydrogens is 432 g/mol. The lowest BCUT2D eigenvalue weighted by Crippen LogP contribution is -2.33. The van der Waals surface area contributed by atoms with Crippen molar-refractivity contribution < 1.29 is 18.6 Å². The molecule has 0 spiro atoms. The number of hydrogen-bond donors (Lipinski definition) is 3. The Labute approximate surface area is 182 Å². The summed E-state index contributed by atoms with van der Waals surface area (Å²) in [6, 6.07) is 16.3. The molecule has 2 aromatic heterocycles. The zero-order chi connectivity index (χ0) is 22.5. The van der Waals surface area contributed by atoms with Gasteiger partial charge in [0.1, 0.15) is 33.3 Å². The van der Waals surface area contributed by atoms with E-state index >= 15 is 0 Å². The predicted octanol–water partition coefficient (Wildman–Crippen LogP) is 2.42. The highest BCUT2D eigenvalue weighted by atomic mass is 32.2. The van der Waals surface area contributed by atoms with E-state index in [1.54, 1.807) is 12.1 Å². The van der Waals surface area contributed by atoms with Gasteiger partial charge in [-0.1, -0.05) is 36.4 Å². The molecular formula is C22H16N4O5S. The summed E-state index contributed by atoms with van der Waals surface area (Å²) >= 11 is 0. The van der Waals surface area contributed by atoms with Gasteiger partial charge in [-0.3, -0.25) is 9.36 Å². The van der Waals surface area contributed by atoms with Crippen molar-refractivity contribution in [2.45, 2.75) is 11.4 Å². The lowest BCUT2D eigenvalue weighted by Gasteiger charge is -2.21. The lowest BCUT2D eigenvalue weighted by molar-refractivity contribution is 0.475. The molecule has 0 aliphatic carbocycles. The highest BCUT2D eigenvalue weighted by Gasteiger charge is 2.31. The zero-order valence-electron chi connectivity index (χ0n) is 16.4. The summed E-state index contributed by atoms with van der Waals surface area (Å²) in [4.78, 5) is 17.5. The number of aromatic hydroxyl groups is 2. The van der Waals surface area contributed by atoms with E-state index in [0.717, 1.165) is 5.56 Å². The molecule has 2 aromatic carbocycles. The van der Waals surface area contributed by atoms with Gasteiger partial charge in [-0.15, -0.1) is 4.40 Å². The fourth-order valence-electron chi connectivity index (χ4n) is 3.67. The van der Waals surface area contributed by atoms with Crippen molar-refractivity contribution in [1.29, 1.82) is 0 Å². The Hall–Kier alpha value is -4.18. The molecule has 1 aliphatic heterocycles. The molecule has 4 aromatic rings. The molecule has 160 valence electrons. The van der Waals surface area contributed by atoms with E-state index in [2.05, 4.69) is 14.7 Å². The highest BCUT2D eigenvalue weighted by Crippen LogP contribution is 2.36. The van der Waals surface area contributed by atoms with Gasteiger partial charge in [-0.25, -0.2) is 4.98 Å². The van der Waals surface area contributed by atoms with E-state index in [4.69, 9.17) is 0 Å². The number of rotatable bonds is 3. The van der Waals surface area contributed by atoms with E-state index in [-0.39, 0.29) is 45.3 Å². The number of pyridine rings is 2. The molecule has 0 saturated carbocycles. The maximum absolute atomic E-state index is 13.5. The molecule has 0 atom stereocenters. The molecule has 1 aliphatic rings. The molecule has 0 amide bonds. The topological polar surface area (TPSA) is 134 Å². The number of phenolic OH excluding ortho intramolecular Hbond substituents is 1. The Morgan fingerprint density at radius 3 is 2.53 bits per heavy atom. The Kier molecular flexibility index (Phi) is 4.45. The predicted molar refractivity (Wildman–Crippen MR) is 119 cm³/mol. The molecule has 32 heavy (non-hydrogen) atoms. The van der Waals surface area contributed by atoms with Crippen LogP contribution in [0.25, 0.3) is 11.0 Å². The van der Waals surface area contributed by atoms with Gasteiger partial charge in [0.2, 0.25) is 0 Å². The Morgan fingerprint density at radius 2 is 1.75 bits per heavy atom. The molecule has 0 bridgehead atoms. The number of anilines is 1. The fourth-order valence-corrected chi connectivity index (χ4v) is 4.81. The lowest BCUT2D eigenvalue weighted by atomic mass is 10.1. The van der Waals surface area contributed by atoms with Gasteiger partial charge in [-0.2, -0.15) is 8.42 Å². The molecule has 10 heteroatoms. The first-order chi connectivity index (χ1) is 15.4. The van der Waals surface area contributed by atoms with Gasteiger partial charge in [0.15, 0.2) is 5.84 Å². The summed E-state index contributed by atoms with van der Waals surface area (Å²) in [5, 5.41) is 24.1. The summed E-state index contributed by atoms with van der Waals surface area (Å²) in [6.45, 7) is 0.141. The van der Waals surface area contributed by atoms with Crippen LogP contribution in [0.3, 0.4) is 0 Å². The van der Waals surface area contributed by atoms with Crippen LogP contribution in [-0.2, 0) is 16.6 Å². The average Bonchev–Trinajstić information content (AvgIpc) is 2.78. The van der Waals surface area contributed by atoms with Crippen molar-refractivity contribution >= 4 is 32.6 Å². The van der Waals surface area contributed by atoms with Crippen molar-refractivity contribution in [2.24, 2.45) is 4.40 Å². The first kappa shape index (κ1) is 19.8. The Bertz CT molecular complexity index is 1580. The van der Waals surface area contributed by atoms with Crippen LogP contribution in [0, 0.1) is 0 Å². The second kappa shape index (κ2) is 7.20. The molecule has 0 unspecified atom stereocenters. The van der Waals surface area contributed by atoms with Crippen molar-refractivity contribution in [2.75, 3.05) is 5.32 Å². The van der Waals surface area contributed by atoms with E-state index in [1.807, 2.05) is 30.3 Å². The van der Waals surface area contributed by atoms with Crippen LogP contribution in [0.2, 0.25) is 0 Å². The number of hydrogen-bond acceptors (Lipinski definition) is 7. The Morgan fingerprint density at radius 1 is 0.969 bits per heavy atom. The maximum Gasteiger partial charge on any atom is 0.286 e. The molecule has 0 fully saturated rings. The van der Waals surface area contributed by atoms with Crippen LogP contribution >= 0.6 is 0 Å². The number of nitrogens with one attached hydrogen (secondary N) is 1. The van der Waals surface area contributed by atoms with Crippen LogP contribution in [0.1, 0.15) is 11.1 Å². The summed E-state index contributed by atoms with van der Waals surface area (Å²) in [5.74, 6) is -1.16. The third kappa shape index (κ3) is 3.08. The molecule has 9 nitrogen and oxygen atoms in total. The number of amidine groups is 1. The molecule has 5 rings (SSSR count). The third-order valence-electron chi connectivity index (χ3n) is 5.15. The number of nitrogens with zero attached hydrogens (tertiary/aromatic N) is 3. The summed E-state index contributed by atoms with van der Waals surface area (Å²) < 4.78 is 30.5. The molecule has 3 heterocycles. The summed E-state index contributed by atoms with van der Waals surface area (Å²) in [7, 11) is -4.23. The normalized spacial score (nSPS) is 14.4. The van der Waals surface area contributed by atoms with Gasteiger partial charge in [0.25, 0.3) is 15.6 Å². The summed E-state index contributed by atoms with van der Waals surface area (Å²) in [5.41, 5.74) is -0.0774. The number of para-hydroxylation sites is 1. The largest absolute Gasteiger partial charge is 0.506 e. The van der Waals surface area contributed by atoms with Gasteiger partial charge in [-0.05, 0) is 29.8 Å². The second-order valence-corrected chi connectivity index (χ2v) is 8.74. The molecule has 0 radical (unpaired) electrons. The minimum Gasteiger partial charge on any atom is -0.506 e. The number of phenols is 1. The number of fused-ring (bicyclic) bond motifs is 2. The monoisotopic (exact) mass is 448 g/mol. The van der Waals surface area contributed by atoms with Crippen molar-refractivity contribution in [3.8, 4) is 11.5 Å². The minimum atomic E-state index is -4.23. The van der Waals surface area contributed by atoms with Crippen LogP contribution < -0.4 is 10.9 Å². The van der Waals surface area contributed by atoms with Gasteiger partial charge in [0.05, 0.1) is 11.9 Å². The number of aromatic nitrogens is 2.